The molecule has 0 aromatic carbocycles. The normalized spacial score (nSPS) is 55.8. The van der Waals surface area contributed by atoms with Gasteiger partial charge in [0.1, 0.15) is 6.61 Å². The predicted octanol–water partition coefficient (Wildman–Crippen LogP) is 3.99. The summed E-state index contributed by atoms with van der Waals surface area (Å²) in [5.74, 6) is 1.52. The molecule has 8 atom stereocenters. The highest BCUT2D eigenvalue weighted by Crippen LogP contribution is 2.70. The highest BCUT2D eigenvalue weighted by molar-refractivity contribution is 5.85. The third-order valence-corrected chi connectivity index (χ3v) is 10.3. The fraction of sp³-hybridized carbons (Fsp3) is 0.875. The number of aliphatic hydroxyl groups is 2. The van der Waals surface area contributed by atoms with Gasteiger partial charge >= 0.3 is 5.97 Å². The molecule has 156 valence electrons. The van der Waals surface area contributed by atoms with Gasteiger partial charge in [0.05, 0.1) is 11.2 Å². The Kier molecular flexibility index (Phi) is 3.99. The van der Waals surface area contributed by atoms with Crippen LogP contribution < -0.4 is 0 Å². The molecule has 4 aliphatic carbocycles. The molecule has 0 radical (unpaired) electrons. The Bertz CT molecular complexity index is 726. The molecule has 28 heavy (non-hydrogen) atoms. The van der Waals surface area contributed by atoms with Gasteiger partial charge in [0, 0.05) is 11.5 Å². The number of esters is 1. The molecule has 1 heterocycles. The minimum Gasteiger partial charge on any atom is -0.458 e. The molecule has 0 saturated heterocycles. The predicted molar refractivity (Wildman–Crippen MR) is 106 cm³/mol. The molecule has 4 nitrogen and oxygen atoms in total. The van der Waals surface area contributed by atoms with E-state index < -0.39 is 11.2 Å². The van der Waals surface area contributed by atoms with E-state index in [9.17, 15) is 15.0 Å². The smallest absolute Gasteiger partial charge is 0.331 e. The molecule has 0 aromatic rings. The van der Waals surface area contributed by atoms with Crippen molar-refractivity contribution in [1.82, 2.24) is 0 Å². The van der Waals surface area contributed by atoms with Gasteiger partial charge in [0.2, 0.25) is 0 Å². The average molecular weight is 389 g/mol. The summed E-state index contributed by atoms with van der Waals surface area (Å²) < 4.78 is 5.21. The van der Waals surface area contributed by atoms with Crippen LogP contribution in [-0.2, 0) is 9.53 Å². The summed E-state index contributed by atoms with van der Waals surface area (Å²) in [5.41, 5.74) is 0.0389. The summed E-state index contributed by atoms with van der Waals surface area (Å²) in [5, 5.41) is 22.8. The van der Waals surface area contributed by atoms with Gasteiger partial charge in [0.15, 0.2) is 0 Å². The minimum absolute atomic E-state index is 0.155. The third kappa shape index (κ3) is 2.40. The number of cyclic esters (lactones) is 1. The first-order valence-electron chi connectivity index (χ1n) is 11.4. The Morgan fingerprint density at radius 3 is 2.46 bits per heavy atom. The van der Waals surface area contributed by atoms with Crippen LogP contribution in [0.25, 0.3) is 0 Å². The maximum atomic E-state index is 12.2. The summed E-state index contributed by atoms with van der Waals surface area (Å²) in [6.07, 6.45) is 10.8. The summed E-state index contributed by atoms with van der Waals surface area (Å²) >= 11 is 0. The van der Waals surface area contributed by atoms with Gasteiger partial charge in [-0.3, -0.25) is 0 Å². The summed E-state index contributed by atoms with van der Waals surface area (Å²) in [6, 6.07) is 0. The summed E-state index contributed by atoms with van der Waals surface area (Å²) in [6.45, 7) is 7.15. The minimum atomic E-state index is -0.638. The molecular weight excluding hydrogens is 352 g/mol. The second-order valence-electron chi connectivity index (χ2n) is 11.5. The number of ether oxygens (including phenoxy) is 1. The van der Waals surface area contributed by atoms with E-state index >= 15 is 0 Å². The lowest BCUT2D eigenvalue weighted by Crippen LogP contribution is -2.62. The molecule has 0 bridgehead atoms. The van der Waals surface area contributed by atoms with Gasteiger partial charge in [-0.05, 0) is 99.4 Å². The van der Waals surface area contributed by atoms with Gasteiger partial charge in [0.25, 0.3) is 0 Å². The number of carbonyl (C=O) groups excluding carboxylic acids is 1. The second-order valence-corrected chi connectivity index (χ2v) is 11.5. The molecular formula is C24H36O4. The van der Waals surface area contributed by atoms with E-state index in [4.69, 9.17) is 4.74 Å². The number of rotatable bonds is 1. The van der Waals surface area contributed by atoms with Crippen molar-refractivity contribution < 1.29 is 19.7 Å². The molecule has 2 N–H and O–H groups in total. The lowest BCUT2D eigenvalue weighted by molar-refractivity contribution is -0.213. The van der Waals surface area contributed by atoms with E-state index in [1.807, 2.05) is 6.92 Å². The molecule has 0 amide bonds. The monoisotopic (exact) mass is 388 g/mol. The molecule has 5 aliphatic rings. The van der Waals surface area contributed by atoms with Crippen molar-refractivity contribution in [3.8, 4) is 0 Å². The average Bonchev–Trinajstić information content (AvgIpc) is 3.16. The maximum absolute atomic E-state index is 12.2. The summed E-state index contributed by atoms with van der Waals surface area (Å²) in [7, 11) is 0. The van der Waals surface area contributed by atoms with Gasteiger partial charge in [-0.25, -0.2) is 4.79 Å². The molecule has 4 saturated carbocycles. The molecule has 0 spiro atoms. The van der Waals surface area contributed by atoms with Crippen LogP contribution in [0.3, 0.4) is 0 Å². The SMILES string of the molecule is C[C@@]1(O)CC[C@@]2(C)[C@H](CC[C@@H]3[C@@H]2CC[C@]2(C)[C@@H](C4=CC(=O)OC4)CCC32O)C1. The maximum Gasteiger partial charge on any atom is 0.331 e. The van der Waals surface area contributed by atoms with E-state index in [0.717, 1.165) is 63.4 Å². The Morgan fingerprint density at radius 1 is 0.964 bits per heavy atom. The Hall–Kier alpha value is -0.870. The highest BCUT2D eigenvalue weighted by Gasteiger charge is 2.68. The fourth-order valence-corrected chi connectivity index (χ4v) is 8.58. The second kappa shape index (κ2) is 5.85. The van der Waals surface area contributed by atoms with Crippen LogP contribution in [0.2, 0.25) is 0 Å². The van der Waals surface area contributed by atoms with E-state index in [2.05, 4.69) is 13.8 Å². The lowest BCUT2D eigenvalue weighted by Gasteiger charge is -2.64. The standard InChI is InChI=1S/C24H36O4/c1-21(26)10-11-22(2)16(13-21)4-5-19-18(22)6-8-23(3)17(7-9-24(19,23)27)15-12-20(25)28-14-15/h12,16-19,26-27H,4-11,13-14H2,1-3H3/t16-,17-,18+,19-,21-,22+,23-,24?/m1/s1. The zero-order valence-corrected chi connectivity index (χ0v) is 17.7. The topological polar surface area (TPSA) is 66.8 Å². The first kappa shape index (κ1) is 19.1. The van der Waals surface area contributed by atoms with Gasteiger partial charge in [-0.15, -0.1) is 0 Å². The molecule has 1 unspecified atom stereocenters. The highest BCUT2D eigenvalue weighted by atomic mass is 16.5. The van der Waals surface area contributed by atoms with Gasteiger partial charge in [-0.1, -0.05) is 13.8 Å². The quantitative estimate of drug-likeness (QED) is 0.667. The third-order valence-electron chi connectivity index (χ3n) is 10.3. The number of hydrogen-bond acceptors (Lipinski definition) is 4. The van der Waals surface area contributed by atoms with E-state index in [-0.39, 0.29) is 22.7 Å². The Morgan fingerprint density at radius 2 is 1.75 bits per heavy atom. The zero-order valence-electron chi connectivity index (χ0n) is 17.7. The van der Waals surface area contributed by atoms with Crippen molar-refractivity contribution in [2.75, 3.05) is 6.61 Å². The van der Waals surface area contributed by atoms with Crippen LogP contribution >= 0.6 is 0 Å². The Labute approximate surface area is 168 Å². The molecule has 0 aromatic heterocycles. The van der Waals surface area contributed by atoms with Crippen molar-refractivity contribution in [3.05, 3.63) is 11.6 Å². The summed E-state index contributed by atoms with van der Waals surface area (Å²) in [4.78, 5) is 11.7. The largest absolute Gasteiger partial charge is 0.458 e. The first-order chi connectivity index (χ1) is 13.1. The van der Waals surface area contributed by atoms with E-state index in [0.29, 0.717) is 24.4 Å². The molecule has 5 rings (SSSR count). The number of hydrogen-bond donors (Lipinski definition) is 2. The fourth-order valence-electron chi connectivity index (χ4n) is 8.58. The lowest BCUT2D eigenvalue weighted by atomic mass is 9.42. The van der Waals surface area contributed by atoms with Crippen molar-refractivity contribution in [2.45, 2.75) is 89.8 Å². The van der Waals surface area contributed by atoms with Gasteiger partial charge in [-0.2, -0.15) is 0 Å². The molecule has 4 heteroatoms. The molecule has 4 fully saturated rings. The van der Waals surface area contributed by atoms with E-state index in [1.165, 1.54) is 0 Å². The van der Waals surface area contributed by atoms with Crippen molar-refractivity contribution in [2.24, 2.45) is 34.5 Å². The van der Waals surface area contributed by atoms with Crippen LogP contribution in [0.4, 0.5) is 0 Å². The number of carbonyl (C=O) groups is 1. The zero-order chi connectivity index (χ0) is 19.9. The van der Waals surface area contributed by atoms with Crippen LogP contribution in [0.5, 0.6) is 0 Å². The Balaban J connectivity index is 1.46. The number of fused-ring (bicyclic) bond motifs is 5. The van der Waals surface area contributed by atoms with Crippen LogP contribution in [0, 0.1) is 34.5 Å². The van der Waals surface area contributed by atoms with Crippen molar-refractivity contribution >= 4 is 5.97 Å². The van der Waals surface area contributed by atoms with E-state index in [1.54, 1.807) is 6.08 Å². The van der Waals surface area contributed by atoms with Crippen LogP contribution in [0.1, 0.15) is 78.6 Å². The van der Waals surface area contributed by atoms with Gasteiger partial charge < -0.3 is 14.9 Å². The van der Waals surface area contributed by atoms with Crippen molar-refractivity contribution in [3.63, 3.8) is 0 Å². The first-order valence-corrected chi connectivity index (χ1v) is 11.4. The molecule has 1 aliphatic heterocycles. The van der Waals surface area contributed by atoms with Crippen LogP contribution in [-0.4, -0.2) is 34.0 Å². The van der Waals surface area contributed by atoms with Crippen LogP contribution in [0.15, 0.2) is 11.6 Å². The van der Waals surface area contributed by atoms with Crippen molar-refractivity contribution in [1.29, 1.82) is 0 Å².